The Labute approximate surface area is 83.3 Å². The Hall–Kier alpha value is -1.10. The highest BCUT2D eigenvalue weighted by molar-refractivity contribution is 5.24. The van der Waals surface area contributed by atoms with Crippen molar-refractivity contribution in [3.8, 4) is 0 Å². The number of hydrogen-bond acceptors (Lipinski definition) is 5. The average molecular weight is 196 g/mol. The Kier molecular flexibility index (Phi) is 2.67. The molecule has 14 heavy (non-hydrogen) atoms. The van der Waals surface area contributed by atoms with Crippen molar-refractivity contribution in [1.29, 1.82) is 0 Å². The van der Waals surface area contributed by atoms with Crippen LogP contribution in [0.2, 0.25) is 0 Å². The van der Waals surface area contributed by atoms with Crippen LogP contribution in [0.1, 0.15) is 18.7 Å². The highest BCUT2D eigenvalue weighted by Gasteiger charge is 2.22. The molecule has 1 aromatic rings. The number of aromatic nitrogens is 2. The molecule has 0 aromatic carbocycles. The second-order valence-corrected chi connectivity index (χ2v) is 3.79. The van der Waals surface area contributed by atoms with Gasteiger partial charge in [-0.05, 0) is 25.3 Å². The minimum atomic E-state index is 0.566. The van der Waals surface area contributed by atoms with Crippen LogP contribution in [0.3, 0.4) is 0 Å². The predicted octanol–water partition coefficient (Wildman–Crippen LogP) is 0.553. The van der Waals surface area contributed by atoms with Gasteiger partial charge in [-0.3, -0.25) is 0 Å². The van der Waals surface area contributed by atoms with E-state index in [1.807, 2.05) is 0 Å². The highest BCUT2D eigenvalue weighted by atomic mass is 16.4. The van der Waals surface area contributed by atoms with Gasteiger partial charge in [0.05, 0.1) is 0 Å². The van der Waals surface area contributed by atoms with Crippen molar-refractivity contribution in [1.82, 2.24) is 10.2 Å². The number of hydrogen-bond donors (Lipinski definition) is 1. The molecule has 0 radical (unpaired) electrons. The van der Waals surface area contributed by atoms with Gasteiger partial charge in [-0.15, -0.1) is 5.10 Å². The van der Waals surface area contributed by atoms with Crippen LogP contribution in [0.4, 0.5) is 6.01 Å². The second-order valence-electron chi connectivity index (χ2n) is 3.79. The topological polar surface area (TPSA) is 68.2 Å². The Morgan fingerprint density at radius 3 is 3.07 bits per heavy atom. The molecule has 2 heterocycles. The first-order valence-electron chi connectivity index (χ1n) is 5.04. The molecule has 1 fully saturated rings. The van der Waals surface area contributed by atoms with Gasteiger partial charge in [0.2, 0.25) is 5.89 Å². The molecule has 0 amide bonds. The molecule has 5 heteroatoms. The van der Waals surface area contributed by atoms with E-state index in [0.29, 0.717) is 17.8 Å². The van der Waals surface area contributed by atoms with Gasteiger partial charge in [0.1, 0.15) is 0 Å². The summed E-state index contributed by atoms with van der Waals surface area (Å²) in [6, 6.07) is 0.639. The molecule has 2 rings (SSSR count). The normalized spacial score (nSPS) is 22.7. The van der Waals surface area contributed by atoms with E-state index < -0.39 is 0 Å². The lowest BCUT2D eigenvalue weighted by molar-refractivity contribution is 0.395. The van der Waals surface area contributed by atoms with E-state index in [2.05, 4.69) is 15.1 Å². The Morgan fingerprint density at radius 2 is 2.43 bits per heavy atom. The summed E-state index contributed by atoms with van der Waals surface area (Å²) in [5.41, 5.74) is 5.66. The lowest BCUT2D eigenvalue weighted by Gasteiger charge is -2.30. The molecule has 0 spiro atoms. The molecule has 78 valence electrons. The number of piperidine rings is 1. The summed E-state index contributed by atoms with van der Waals surface area (Å²) >= 11 is 0. The van der Waals surface area contributed by atoms with Gasteiger partial charge in [0.25, 0.3) is 0 Å². The lowest BCUT2D eigenvalue weighted by Crippen LogP contribution is -2.38. The largest absolute Gasteiger partial charge is 0.408 e. The molecule has 2 N–H and O–H groups in total. The lowest BCUT2D eigenvalue weighted by atomic mass is 9.99. The van der Waals surface area contributed by atoms with E-state index in [9.17, 15) is 0 Å². The van der Waals surface area contributed by atoms with Crippen molar-refractivity contribution in [2.24, 2.45) is 11.7 Å². The predicted molar refractivity (Wildman–Crippen MR) is 53.0 cm³/mol. The van der Waals surface area contributed by atoms with Gasteiger partial charge in [-0.25, -0.2) is 0 Å². The fraction of sp³-hybridized carbons (Fsp3) is 0.778. The number of rotatable bonds is 2. The maximum atomic E-state index is 5.66. The molecule has 1 aliphatic heterocycles. The van der Waals surface area contributed by atoms with Gasteiger partial charge in [-0.1, -0.05) is 5.10 Å². The molecule has 1 saturated heterocycles. The Bertz CT molecular complexity index is 299. The molecule has 5 nitrogen and oxygen atoms in total. The molecule has 1 unspecified atom stereocenters. The summed E-state index contributed by atoms with van der Waals surface area (Å²) < 4.78 is 5.38. The van der Waals surface area contributed by atoms with Gasteiger partial charge in [0.15, 0.2) is 0 Å². The van der Waals surface area contributed by atoms with Crippen molar-refractivity contribution in [3.63, 3.8) is 0 Å². The summed E-state index contributed by atoms with van der Waals surface area (Å²) in [7, 11) is 0. The smallest absolute Gasteiger partial charge is 0.318 e. The number of anilines is 1. The van der Waals surface area contributed by atoms with Crippen molar-refractivity contribution in [3.05, 3.63) is 5.89 Å². The van der Waals surface area contributed by atoms with Gasteiger partial charge in [-0.2, -0.15) is 0 Å². The zero-order chi connectivity index (χ0) is 9.97. The molecule has 0 aliphatic carbocycles. The van der Waals surface area contributed by atoms with Gasteiger partial charge in [0, 0.05) is 20.0 Å². The van der Waals surface area contributed by atoms with Crippen LogP contribution in [0.25, 0.3) is 0 Å². The summed E-state index contributed by atoms with van der Waals surface area (Å²) in [6.45, 7) is 4.49. The van der Waals surface area contributed by atoms with E-state index in [4.69, 9.17) is 10.2 Å². The van der Waals surface area contributed by atoms with Crippen LogP contribution in [-0.4, -0.2) is 29.8 Å². The first kappa shape index (κ1) is 9.45. The SMILES string of the molecule is Cc1nnc(N2CCCC(CN)C2)o1. The number of aryl methyl sites for hydroxylation is 1. The Morgan fingerprint density at radius 1 is 1.57 bits per heavy atom. The van der Waals surface area contributed by atoms with Gasteiger partial charge < -0.3 is 15.1 Å². The first-order chi connectivity index (χ1) is 6.79. The average Bonchev–Trinajstić information content (AvgIpc) is 2.65. The number of nitrogens with zero attached hydrogens (tertiary/aromatic N) is 3. The van der Waals surface area contributed by atoms with E-state index in [0.717, 1.165) is 26.1 Å². The summed E-state index contributed by atoms with van der Waals surface area (Å²) in [4.78, 5) is 2.13. The monoisotopic (exact) mass is 196 g/mol. The van der Waals surface area contributed by atoms with Crippen LogP contribution < -0.4 is 10.6 Å². The summed E-state index contributed by atoms with van der Waals surface area (Å²) in [6.07, 6.45) is 2.36. The van der Waals surface area contributed by atoms with Crippen LogP contribution >= 0.6 is 0 Å². The van der Waals surface area contributed by atoms with E-state index in [-0.39, 0.29) is 0 Å². The maximum absolute atomic E-state index is 5.66. The standard InChI is InChI=1S/C9H16N4O/c1-7-11-12-9(14-7)13-4-2-3-8(5-10)6-13/h8H,2-6,10H2,1H3. The van der Waals surface area contributed by atoms with E-state index in [1.54, 1.807) is 6.92 Å². The highest BCUT2D eigenvalue weighted by Crippen LogP contribution is 2.20. The van der Waals surface area contributed by atoms with E-state index in [1.165, 1.54) is 6.42 Å². The minimum Gasteiger partial charge on any atom is -0.408 e. The fourth-order valence-electron chi connectivity index (χ4n) is 1.85. The summed E-state index contributed by atoms with van der Waals surface area (Å²) in [5, 5.41) is 7.83. The quantitative estimate of drug-likeness (QED) is 0.748. The third kappa shape index (κ3) is 1.87. The summed E-state index contributed by atoms with van der Waals surface area (Å²) in [5.74, 6) is 1.19. The molecular weight excluding hydrogens is 180 g/mol. The molecule has 0 bridgehead atoms. The van der Waals surface area contributed by atoms with Crippen LogP contribution in [0.5, 0.6) is 0 Å². The maximum Gasteiger partial charge on any atom is 0.318 e. The zero-order valence-electron chi connectivity index (χ0n) is 8.44. The van der Waals surface area contributed by atoms with Crippen LogP contribution in [0.15, 0.2) is 4.42 Å². The zero-order valence-corrected chi connectivity index (χ0v) is 8.44. The van der Waals surface area contributed by atoms with Crippen molar-refractivity contribution in [2.75, 3.05) is 24.5 Å². The molecule has 1 aromatic heterocycles. The van der Waals surface area contributed by atoms with Crippen molar-refractivity contribution >= 4 is 6.01 Å². The molecule has 1 aliphatic rings. The molecule has 0 saturated carbocycles. The molecular formula is C9H16N4O. The number of nitrogens with two attached hydrogens (primary N) is 1. The van der Waals surface area contributed by atoms with Crippen molar-refractivity contribution < 1.29 is 4.42 Å². The minimum absolute atomic E-state index is 0.566. The third-order valence-electron chi connectivity index (χ3n) is 2.64. The van der Waals surface area contributed by atoms with Crippen LogP contribution in [-0.2, 0) is 0 Å². The molecule has 1 atom stereocenters. The first-order valence-corrected chi connectivity index (χ1v) is 5.04. The van der Waals surface area contributed by atoms with E-state index >= 15 is 0 Å². The van der Waals surface area contributed by atoms with Crippen LogP contribution in [0, 0.1) is 12.8 Å². The van der Waals surface area contributed by atoms with Gasteiger partial charge >= 0.3 is 6.01 Å². The Balaban J connectivity index is 2.04. The van der Waals surface area contributed by atoms with Crippen molar-refractivity contribution in [2.45, 2.75) is 19.8 Å². The fourth-order valence-corrected chi connectivity index (χ4v) is 1.85. The third-order valence-corrected chi connectivity index (χ3v) is 2.64. The second kappa shape index (κ2) is 3.96.